The van der Waals surface area contributed by atoms with Gasteiger partial charge in [0, 0.05) is 18.3 Å². The molecule has 0 amide bonds. The molecule has 10 nitrogen and oxygen atoms in total. The van der Waals surface area contributed by atoms with Crippen molar-refractivity contribution in [2.75, 3.05) is 37.6 Å². The van der Waals surface area contributed by atoms with Gasteiger partial charge in [0.25, 0.3) is 0 Å². The minimum atomic E-state index is -4.58. The van der Waals surface area contributed by atoms with E-state index in [0.29, 0.717) is 24.7 Å². The van der Waals surface area contributed by atoms with Crippen LogP contribution >= 0.6 is 0 Å². The average Bonchev–Trinajstić information content (AvgIpc) is 2.95. The lowest BCUT2D eigenvalue weighted by Gasteiger charge is -2.14. The molecule has 220 valence electrons. The number of hydrogen-bond donors (Lipinski definition) is 2. The zero-order valence-corrected chi connectivity index (χ0v) is 22.6. The van der Waals surface area contributed by atoms with Gasteiger partial charge in [0.1, 0.15) is 17.1 Å². The maximum atomic E-state index is 12.8. The van der Waals surface area contributed by atoms with Crippen LogP contribution in [0.2, 0.25) is 0 Å². The Balaban J connectivity index is 1.61. The number of halogens is 3. The molecule has 0 spiro atoms. The first-order chi connectivity index (χ1) is 19.8. The smallest absolute Gasteiger partial charge is 0.422 e. The van der Waals surface area contributed by atoms with Gasteiger partial charge in [-0.1, -0.05) is 37.8 Å². The van der Waals surface area contributed by atoms with Crippen molar-refractivity contribution in [1.29, 1.82) is 0 Å². The Labute approximate surface area is 235 Å². The highest BCUT2D eigenvalue weighted by molar-refractivity contribution is 5.93. The van der Waals surface area contributed by atoms with Crippen molar-refractivity contribution in [2.24, 2.45) is 0 Å². The van der Waals surface area contributed by atoms with Gasteiger partial charge < -0.3 is 29.6 Å². The summed E-state index contributed by atoms with van der Waals surface area (Å²) in [4.78, 5) is 24.5. The second kappa shape index (κ2) is 14.4. The summed E-state index contributed by atoms with van der Waals surface area (Å²) in [5.74, 6) is 0.418. The molecule has 2 aliphatic heterocycles. The fourth-order valence-corrected chi connectivity index (χ4v) is 4.00. The Hall–Kier alpha value is -4.29. The van der Waals surface area contributed by atoms with Crippen molar-refractivity contribution in [3.8, 4) is 17.5 Å². The highest BCUT2D eigenvalue weighted by Gasteiger charge is 2.29. The normalized spacial score (nSPS) is 14.9. The van der Waals surface area contributed by atoms with Crippen LogP contribution in [0, 0.1) is 0 Å². The third-order valence-electron chi connectivity index (χ3n) is 6.06. The van der Waals surface area contributed by atoms with Crippen LogP contribution in [0.4, 0.5) is 30.8 Å². The third kappa shape index (κ3) is 9.69. The van der Waals surface area contributed by atoms with Crippen molar-refractivity contribution in [1.82, 2.24) is 15.0 Å². The van der Waals surface area contributed by atoms with Gasteiger partial charge in [-0.25, -0.2) is 4.79 Å². The number of benzene rings is 2. The number of carbonyl (C=O) groups excluding carboxylic acids is 1. The van der Waals surface area contributed by atoms with E-state index in [0.717, 1.165) is 49.8 Å². The predicted molar refractivity (Wildman–Crippen MR) is 145 cm³/mol. The van der Waals surface area contributed by atoms with Gasteiger partial charge in [-0.15, -0.1) is 0 Å². The molecule has 0 unspecified atom stereocenters. The lowest BCUT2D eigenvalue weighted by molar-refractivity contribution is -0.154. The Bertz CT molecular complexity index is 1290. The Morgan fingerprint density at radius 3 is 2.29 bits per heavy atom. The maximum absolute atomic E-state index is 12.8. The van der Waals surface area contributed by atoms with Crippen LogP contribution in [-0.2, 0) is 11.3 Å². The number of nitrogens with one attached hydrogen (secondary N) is 2. The Morgan fingerprint density at radius 2 is 1.59 bits per heavy atom. The number of fused-ring (bicyclic) bond motifs is 12. The number of esters is 1. The highest BCUT2D eigenvalue weighted by Crippen LogP contribution is 2.27. The number of alkyl halides is 3. The van der Waals surface area contributed by atoms with Crippen LogP contribution in [0.5, 0.6) is 17.5 Å². The van der Waals surface area contributed by atoms with Crippen molar-refractivity contribution >= 4 is 23.6 Å². The Kier molecular flexibility index (Phi) is 10.4. The molecule has 0 aliphatic carbocycles. The minimum absolute atomic E-state index is 0.000969. The summed E-state index contributed by atoms with van der Waals surface area (Å²) in [6.45, 7) is -0.270. The van der Waals surface area contributed by atoms with Crippen molar-refractivity contribution in [3.63, 3.8) is 0 Å². The molecule has 2 aliphatic rings. The van der Waals surface area contributed by atoms with E-state index in [9.17, 15) is 18.0 Å². The first-order valence-corrected chi connectivity index (χ1v) is 13.3. The molecule has 3 heterocycles. The summed E-state index contributed by atoms with van der Waals surface area (Å²) in [5, 5.41) is 5.92. The van der Waals surface area contributed by atoms with Crippen LogP contribution < -0.4 is 24.8 Å². The first kappa shape index (κ1) is 29.7. The summed E-state index contributed by atoms with van der Waals surface area (Å²) in [6, 6.07) is 11.7. The minimum Gasteiger partial charge on any atom is -0.494 e. The third-order valence-corrected chi connectivity index (χ3v) is 6.06. The molecule has 5 rings (SSSR count). The quantitative estimate of drug-likeness (QED) is 0.357. The topological polar surface area (TPSA) is 117 Å². The summed E-state index contributed by atoms with van der Waals surface area (Å²) >= 11 is 0. The van der Waals surface area contributed by atoms with Crippen LogP contribution in [0.3, 0.4) is 0 Å². The predicted octanol–water partition coefficient (Wildman–Crippen LogP) is 6.07. The van der Waals surface area contributed by atoms with Gasteiger partial charge in [0.2, 0.25) is 11.9 Å². The number of rotatable bonds is 3. The van der Waals surface area contributed by atoms with Gasteiger partial charge in [-0.3, -0.25) is 0 Å². The van der Waals surface area contributed by atoms with E-state index in [2.05, 4.69) is 25.6 Å². The van der Waals surface area contributed by atoms with Gasteiger partial charge in [0.05, 0.1) is 20.3 Å². The number of hydrogen-bond acceptors (Lipinski definition) is 10. The van der Waals surface area contributed by atoms with Crippen molar-refractivity contribution < 1.29 is 36.9 Å². The molecular formula is C28H32F3N5O5. The SMILES string of the molecule is COC(=O)c1ccc2cc1OCCCCCCCCOc1ccc(cc1)CNc1nc(nc(OCC(F)(F)F)n1)N2. The number of nitrogens with zero attached hydrogens (tertiary/aromatic N) is 3. The molecular weight excluding hydrogens is 543 g/mol. The summed E-state index contributed by atoms with van der Waals surface area (Å²) in [5.41, 5.74) is 1.55. The van der Waals surface area contributed by atoms with Crippen molar-refractivity contribution in [3.05, 3.63) is 53.6 Å². The molecule has 2 N–H and O–H groups in total. The second-order valence-corrected chi connectivity index (χ2v) is 9.31. The van der Waals surface area contributed by atoms with E-state index in [1.165, 1.54) is 13.2 Å². The average molecular weight is 576 g/mol. The van der Waals surface area contributed by atoms with Crippen molar-refractivity contribution in [2.45, 2.75) is 51.2 Å². The van der Waals surface area contributed by atoms with Gasteiger partial charge in [-0.05, 0) is 42.7 Å². The molecule has 0 fully saturated rings. The van der Waals surface area contributed by atoms with Crippen LogP contribution in [0.15, 0.2) is 42.5 Å². The lowest BCUT2D eigenvalue weighted by Crippen LogP contribution is -2.21. The highest BCUT2D eigenvalue weighted by atomic mass is 19.4. The van der Waals surface area contributed by atoms with Gasteiger partial charge in [-0.2, -0.15) is 28.1 Å². The second-order valence-electron chi connectivity index (χ2n) is 9.31. The molecule has 3 aromatic rings. The Morgan fingerprint density at radius 1 is 0.902 bits per heavy atom. The maximum Gasteiger partial charge on any atom is 0.422 e. The van der Waals surface area contributed by atoms with Crippen LogP contribution in [-0.4, -0.2) is 54.0 Å². The van der Waals surface area contributed by atoms with E-state index in [-0.39, 0.29) is 24.0 Å². The van der Waals surface area contributed by atoms with Crippen LogP contribution in [0.25, 0.3) is 0 Å². The summed E-state index contributed by atoms with van der Waals surface area (Å²) < 4.78 is 59.8. The molecule has 0 atom stereocenters. The van der Waals surface area contributed by atoms with E-state index in [1.807, 2.05) is 24.3 Å². The lowest BCUT2D eigenvalue weighted by atomic mass is 10.1. The molecule has 2 aromatic carbocycles. The van der Waals surface area contributed by atoms with Gasteiger partial charge in [0.15, 0.2) is 6.61 Å². The molecule has 6 bridgehead atoms. The zero-order chi connectivity index (χ0) is 29.1. The number of anilines is 3. The molecule has 13 heteroatoms. The fourth-order valence-electron chi connectivity index (χ4n) is 4.00. The van der Waals surface area contributed by atoms with E-state index >= 15 is 0 Å². The first-order valence-electron chi connectivity index (χ1n) is 13.3. The zero-order valence-electron chi connectivity index (χ0n) is 22.6. The summed E-state index contributed by atoms with van der Waals surface area (Å²) in [6.07, 6.45) is 1.33. The van der Waals surface area contributed by atoms with E-state index in [4.69, 9.17) is 18.9 Å². The van der Waals surface area contributed by atoms with Crippen LogP contribution in [0.1, 0.15) is 54.4 Å². The summed E-state index contributed by atoms with van der Waals surface area (Å²) in [7, 11) is 1.28. The fraction of sp³-hybridized carbons (Fsp3) is 0.429. The van der Waals surface area contributed by atoms with E-state index in [1.54, 1.807) is 12.1 Å². The van der Waals surface area contributed by atoms with Gasteiger partial charge >= 0.3 is 18.2 Å². The molecule has 1 aromatic heterocycles. The van der Waals surface area contributed by atoms with E-state index < -0.39 is 24.8 Å². The number of ether oxygens (including phenoxy) is 4. The standard InChI is InChI=1S/C28H32F3N5O5/c1-38-24(37)22-13-10-20-16-23(22)40-15-7-5-3-2-4-6-14-39-21-11-8-19(9-12-21)17-32-25-34-26(33-20)36-27(35-25)41-18-28(29,30)31/h8-13,16H,2-7,14-15,17-18H2,1H3,(H2,32,33,34,35,36). The monoisotopic (exact) mass is 575 g/mol. The molecule has 0 saturated carbocycles. The molecule has 0 saturated heterocycles. The molecule has 41 heavy (non-hydrogen) atoms. The molecule has 0 radical (unpaired) electrons. The largest absolute Gasteiger partial charge is 0.494 e. The number of methoxy groups -OCH3 is 1. The number of carbonyl (C=O) groups is 1. The number of aromatic nitrogens is 3.